The number of amides is 1. The van der Waals surface area contributed by atoms with Crippen LogP contribution in [0.15, 0.2) is 34.3 Å². The van der Waals surface area contributed by atoms with E-state index in [0.717, 1.165) is 31.2 Å². The molecule has 22 heavy (non-hydrogen) atoms. The van der Waals surface area contributed by atoms with Crippen molar-refractivity contribution >= 4 is 28.6 Å². The quantitative estimate of drug-likeness (QED) is 0.881. The maximum absolute atomic E-state index is 12.1. The lowest BCUT2D eigenvalue weighted by molar-refractivity contribution is -0.120. The average Bonchev–Trinajstić information content (AvgIpc) is 3.22. The predicted molar refractivity (Wildman–Crippen MR) is 90.5 cm³/mol. The van der Waals surface area contributed by atoms with E-state index >= 15 is 0 Å². The summed E-state index contributed by atoms with van der Waals surface area (Å²) in [5.74, 6) is 0.0935. The second kappa shape index (κ2) is 7.87. The maximum atomic E-state index is 12.1. The van der Waals surface area contributed by atoms with Crippen LogP contribution in [-0.4, -0.2) is 43.7 Å². The van der Waals surface area contributed by atoms with Crippen molar-refractivity contribution in [2.75, 3.05) is 32.8 Å². The summed E-state index contributed by atoms with van der Waals surface area (Å²) in [6, 6.07) is 6.37. The highest BCUT2D eigenvalue weighted by molar-refractivity contribution is 7.10. The summed E-state index contributed by atoms with van der Waals surface area (Å²) >= 11 is 3.33. The van der Waals surface area contributed by atoms with Gasteiger partial charge >= 0.3 is 0 Å². The van der Waals surface area contributed by atoms with E-state index in [4.69, 9.17) is 4.74 Å². The molecule has 1 saturated heterocycles. The number of nitrogens with zero attached hydrogens (tertiary/aromatic N) is 1. The molecule has 118 valence electrons. The number of ether oxygens (including phenoxy) is 1. The van der Waals surface area contributed by atoms with Gasteiger partial charge in [-0.1, -0.05) is 6.07 Å². The number of hydrogen-bond acceptors (Lipinski definition) is 5. The molecule has 1 fully saturated rings. The molecule has 1 N–H and O–H groups in total. The standard InChI is InChI=1S/C16H20N2O2S2/c19-16(10-14-2-1-8-22-14)17-11-15(13-3-9-21-12-13)18-4-6-20-7-5-18/h1-3,8-9,12,15H,4-7,10-11H2,(H,17,19). The van der Waals surface area contributed by atoms with Gasteiger partial charge in [-0.15, -0.1) is 11.3 Å². The molecule has 2 aromatic rings. The highest BCUT2D eigenvalue weighted by Crippen LogP contribution is 2.23. The molecule has 0 bridgehead atoms. The Kier molecular flexibility index (Phi) is 5.61. The van der Waals surface area contributed by atoms with Crippen LogP contribution in [0, 0.1) is 0 Å². The van der Waals surface area contributed by atoms with Gasteiger partial charge in [0, 0.05) is 24.5 Å². The van der Waals surface area contributed by atoms with Gasteiger partial charge in [-0.3, -0.25) is 9.69 Å². The van der Waals surface area contributed by atoms with Crippen LogP contribution >= 0.6 is 22.7 Å². The van der Waals surface area contributed by atoms with Crippen LogP contribution < -0.4 is 5.32 Å². The highest BCUT2D eigenvalue weighted by atomic mass is 32.1. The summed E-state index contributed by atoms with van der Waals surface area (Å²) in [7, 11) is 0. The Morgan fingerprint density at radius 3 is 2.86 bits per heavy atom. The largest absolute Gasteiger partial charge is 0.379 e. The third kappa shape index (κ3) is 4.16. The van der Waals surface area contributed by atoms with Crippen molar-refractivity contribution in [2.45, 2.75) is 12.5 Å². The van der Waals surface area contributed by atoms with E-state index in [1.54, 1.807) is 22.7 Å². The number of carbonyl (C=O) groups excluding carboxylic acids is 1. The highest BCUT2D eigenvalue weighted by Gasteiger charge is 2.23. The molecular weight excluding hydrogens is 316 g/mol. The summed E-state index contributed by atoms with van der Waals surface area (Å²) < 4.78 is 5.44. The van der Waals surface area contributed by atoms with Gasteiger partial charge in [-0.2, -0.15) is 11.3 Å². The zero-order chi connectivity index (χ0) is 15.2. The van der Waals surface area contributed by atoms with Crippen LogP contribution in [0.3, 0.4) is 0 Å². The fourth-order valence-electron chi connectivity index (χ4n) is 2.66. The zero-order valence-electron chi connectivity index (χ0n) is 12.4. The normalized spacial score (nSPS) is 17.3. The summed E-state index contributed by atoms with van der Waals surface area (Å²) in [5, 5.41) is 9.37. The molecule has 0 saturated carbocycles. The summed E-state index contributed by atoms with van der Waals surface area (Å²) in [6.45, 7) is 4.02. The summed E-state index contributed by atoms with van der Waals surface area (Å²) in [6.07, 6.45) is 0.469. The number of carbonyl (C=O) groups is 1. The van der Waals surface area contributed by atoms with Gasteiger partial charge in [0.2, 0.25) is 5.91 Å². The number of hydrogen-bond donors (Lipinski definition) is 1. The van der Waals surface area contributed by atoms with E-state index in [0.29, 0.717) is 13.0 Å². The first kappa shape index (κ1) is 15.7. The van der Waals surface area contributed by atoms with Crippen molar-refractivity contribution in [1.82, 2.24) is 10.2 Å². The Hall–Kier alpha value is -1.21. The first-order chi connectivity index (χ1) is 10.8. The van der Waals surface area contributed by atoms with Crippen molar-refractivity contribution < 1.29 is 9.53 Å². The average molecular weight is 336 g/mol. The Balaban J connectivity index is 1.59. The van der Waals surface area contributed by atoms with Crippen LogP contribution in [0.25, 0.3) is 0 Å². The fraction of sp³-hybridized carbons (Fsp3) is 0.438. The maximum Gasteiger partial charge on any atom is 0.225 e. The van der Waals surface area contributed by atoms with Gasteiger partial charge in [0.25, 0.3) is 0 Å². The van der Waals surface area contributed by atoms with Crippen molar-refractivity contribution in [3.8, 4) is 0 Å². The minimum atomic E-state index is 0.0935. The molecule has 1 unspecified atom stereocenters. The first-order valence-electron chi connectivity index (χ1n) is 7.46. The second-order valence-corrected chi connectivity index (χ2v) is 7.09. The smallest absolute Gasteiger partial charge is 0.225 e. The van der Waals surface area contributed by atoms with Crippen LogP contribution in [-0.2, 0) is 16.0 Å². The van der Waals surface area contributed by atoms with Gasteiger partial charge in [-0.05, 0) is 33.8 Å². The van der Waals surface area contributed by atoms with E-state index in [9.17, 15) is 4.79 Å². The topological polar surface area (TPSA) is 41.6 Å². The third-order valence-electron chi connectivity index (χ3n) is 3.82. The van der Waals surface area contributed by atoms with Crippen molar-refractivity contribution in [3.05, 3.63) is 44.8 Å². The van der Waals surface area contributed by atoms with Crippen LogP contribution in [0.4, 0.5) is 0 Å². The van der Waals surface area contributed by atoms with Crippen molar-refractivity contribution in [2.24, 2.45) is 0 Å². The summed E-state index contributed by atoms with van der Waals surface area (Å²) in [5.41, 5.74) is 1.28. The lowest BCUT2D eigenvalue weighted by Gasteiger charge is -2.34. The molecule has 3 rings (SSSR count). The van der Waals surface area contributed by atoms with E-state index in [1.807, 2.05) is 17.5 Å². The molecule has 1 amide bonds. The Morgan fingerprint density at radius 1 is 1.32 bits per heavy atom. The molecule has 4 nitrogen and oxygen atoms in total. The third-order valence-corrected chi connectivity index (χ3v) is 5.40. The Bertz CT molecular complexity index is 563. The number of nitrogens with one attached hydrogen (secondary N) is 1. The van der Waals surface area contributed by atoms with Gasteiger partial charge in [0.05, 0.1) is 25.7 Å². The minimum absolute atomic E-state index is 0.0935. The molecule has 0 radical (unpaired) electrons. The molecule has 2 aromatic heterocycles. The first-order valence-corrected chi connectivity index (χ1v) is 9.28. The molecule has 0 aromatic carbocycles. The monoisotopic (exact) mass is 336 g/mol. The lowest BCUT2D eigenvalue weighted by atomic mass is 10.1. The number of thiophene rings is 2. The van der Waals surface area contributed by atoms with Gasteiger partial charge in [-0.25, -0.2) is 0 Å². The second-order valence-electron chi connectivity index (χ2n) is 5.28. The molecule has 3 heterocycles. The van der Waals surface area contributed by atoms with Crippen LogP contribution in [0.1, 0.15) is 16.5 Å². The molecular formula is C16H20N2O2S2. The molecule has 6 heteroatoms. The molecule has 1 aliphatic heterocycles. The number of rotatable bonds is 6. The van der Waals surface area contributed by atoms with E-state index in [-0.39, 0.29) is 11.9 Å². The molecule has 0 aliphatic carbocycles. The molecule has 1 atom stereocenters. The molecule has 1 aliphatic rings. The lowest BCUT2D eigenvalue weighted by Crippen LogP contribution is -2.43. The van der Waals surface area contributed by atoms with Crippen LogP contribution in [0.5, 0.6) is 0 Å². The zero-order valence-corrected chi connectivity index (χ0v) is 14.0. The number of morpholine rings is 1. The Morgan fingerprint density at radius 2 is 2.18 bits per heavy atom. The Labute approximate surface area is 138 Å². The van der Waals surface area contributed by atoms with Gasteiger partial charge < -0.3 is 10.1 Å². The van der Waals surface area contributed by atoms with E-state index < -0.39 is 0 Å². The van der Waals surface area contributed by atoms with E-state index in [1.165, 1.54) is 5.56 Å². The molecule has 0 spiro atoms. The minimum Gasteiger partial charge on any atom is -0.379 e. The fourth-order valence-corrected chi connectivity index (χ4v) is 4.07. The SMILES string of the molecule is O=C(Cc1cccs1)NCC(c1ccsc1)N1CCOCC1. The van der Waals surface area contributed by atoms with Gasteiger partial charge in [0.1, 0.15) is 0 Å². The predicted octanol–water partition coefficient (Wildman–Crippen LogP) is 2.54. The van der Waals surface area contributed by atoms with E-state index in [2.05, 4.69) is 27.0 Å². The van der Waals surface area contributed by atoms with Crippen molar-refractivity contribution in [3.63, 3.8) is 0 Å². The van der Waals surface area contributed by atoms with Gasteiger partial charge in [0.15, 0.2) is 0 Å². The van der Waals surface area contributed by atoms with Crippen LogP contribution in [0.2, 0.25) is 0 Å². The van der Waals surface area contributed by atoms with Crippen molar-refractivity contribution in [1.29, 1.82) is 0 Å². The summed E-state index contributed by atoms with van der Waals surface area (Å²) in [4.78, 5) is 15.6.